The number of aryl methyl sites for hydroxylation is 1. The van der Waals surface area contributed by atoms with Gasteiger partial charge in [0.15, 0.2) is 0 Å². The van der Waals surface area contributed by atoms with Gasteiger partial charge in [-0.3, -0.25) is 0 Å². The molecule has 0 saturated carbocycles. The molecule has 1 aliphatic rings. The highest BCUT2D eigenvalue weighted by atomic mass is 19.1. The van der Waals surface area contributed by atoms with Crippen LogP contribution in [-0.2, 0) is 18.9 Å². The van der Waals surface area contributed by atoms with Gasteiger partial charge in [0.05, 0.1) is 0 Å². The monoisotopic (exact) mass is 209 g/mol. The van der Waals surface area contributed by atoms with Gasteiger partial charge in [-0.25, -0.2) is 9.59 Å². The van der Waals surface area contributed by atoms with Crippen LogP contribution < -0.4 is 5.46 Å². The Morgan fingerprint density at radius 2 is 1.67 bits per heavy atom. The summed E-state index contributed by atoms with van der Waals surface area (Å²) in [5, 5.41) is 0. The lowest BCUT2D eigenvalue weighted by Gasteiger charge is -2.25. The maximum atomic E-state index is 14.0. The topological polar surface area (TPSA) is 52.6 Å². The second-order valence-corrected chi connectivity index (χ2v) is 3.29. The Morgan fingerprint density at radius 3 is 2.20 bits per heavy atom. The molecule has 6 heteroatoms. The first-order chi connectivity index (χ1) is 7.03. The van der Waals surface area contributed by atoms with Crippen molar-refractivity contribution < 1.29 is 23.2 Å². The van der Waals surface area contributed by atoms with Crippen LogP contribution in [0.4, 0.5) is 4.32 Å². The van der Waals surface area contributed by atoms with Gasteiger partial charge >= 0.3 is 18.8 Å². The molecule has 0 aromatic heterocycles. The summed E-state index contributed by atoms with van der Waals surface area (Å²) >= 11 is 0. The van der Waals surface area contributed by atoms with E-state index in [1.54, 1.807) is 25.1 Å². The molecule has 4 nitrogen and oxygen atoms in total. The molecule has 0 unspecified atom stereocenters. The molecule has 78 valence electrons. The van der Waals surface area contributed by atoms with Gasteiger partial charge < -0.3 is 13.6 Å². The minimum Gasteiger partial charge on any atom is -0.618 e. The Hall–Kier alpha value is -1.85. The van der Waals surface area contributed by atoms with Gasteiger partial charge in [0.1, 0.15) is 0 Å². The molecule has 0 radical (unpaired) electrons. The third kappa shape index (κ3) is 1.47. The molecule has 0 aliphatic carbocycles. The van der Waals surface area contributed by atoms with Crippen LogP contribution in [0.2, 0.25) is 0 Å². The minimum absolute atomic E-state index is 0.0803. The van der Waals surface area contributed by atoms with Crippen LogP contribution in [0, 0.1) is 6.92 Å². The van der Waals surface area contributed by atoms with E-state index < -0.39 is 18.8 Å². The lowest BCUT2D eigenvalue weighted by molar-refractivity contribution is -0.150. The largest absolute Gasteiger partial charge is 0.618 e. The minimum atomic E-state index is -3.48. The Balaban J connectivity index is 2.44. The van der Waals surface area contributed by atoms with E-state index >= 15 is 0 Å². The number of benzene rings is 1. The standard InChI is InChI=1S/C9H7BFO4/c1-6-4-2-3-5-7(6)10(11)14-8(12)9(13)15-10/h2-5H,1H3/q-1. The Bertz CT molecular complexity index is 429. The van der Waals surface area contributed by atoms with Crippen molar-refractivity contribution in [2.45, 2.75) is 6.92 Å². The first-order valence-electron chi connectivity index (χ1n) is 4.37. The van der Waals surface area contributed by atoms with Crippen molar-refractivity contribution in [2.24, 2.45) is 0 Å². The summed E-state index contributed by atoms with van der Waals surface area (Å²) in [6, 6.07) is 6.34. The van der Waals surface area contributed by atoms with E-state index in [0.29, 0.717) is 5.56 Å². The molecule has 1 fully saturated rings. The van der Waals surface area contributed by atoms with E-state index in [2.05, 4.69) is 9.31 Å². The molecule has 1 aliphatic heterocycles. The van der Waals surface area contributed by atoms with E-state index in [-0.39, 0.29) is 5.46 Å². The molecular formula is C9H7BFO4-. The van der Waals surface area contributed by atoms with E-state index in [0.717, 1.165) is 0 Å². The Kier molecular flexibility index (Phi) is 1.99. The smallest absolute Gasteiger partial charge is 0.562 e. The molecule has 0 spiro atoms. The third-order valence-corrected chi connectivity index (χ3v) is 2.24. The van der Waals surface area contributed by atoms with E-state index in [4.69, 9.17) is 0 Å². The summed E-state index contributed by atoms with van der Waals surface area (Å²) in [5.74, 6) is -2.58. The van der Waals surface area contributed by atoms with Gasteiger partial charge in [-0.15, -0.1) is 0 Å². The first-order valence-corrected chi connectivity index (χ1v) is 4.37. The van der Waals surface area contributed by atoms with Crippen LogP contribution in [0.5, 0.6) is 0 Å². The van der Waals surface area contributed by atoms with Gasteiger partial charge in [0.25, 0.3) is 0 Å². The number of hydrogen-bond donors (Lipinski definition) is 0. The highest BCUT2D eigenvalue weighted by molar-refractivity contribution is 6.82. The number of hydrogen-bond acceptors (Lipinski definition) is 4. The molecule has 0 amide bonds. The van der Waals surface area contributed by atoms with Crippen molar-refractivity contribution in [3.05, 3.63) is 29.8 Å². The summed E-state index contributed by atoms with van der Waals surface area (Å²) in [6.45, 7) is -1.84. The van der Waals surface area contributed by atoms with Crippen molar-refractivity contribution in [3.8, 4) is 0 Å². The zero-order chi connectivity index (χ0) is 11.1. The Morgan fingerprint density at radius 1 is 1.13 bits per heavy atom. The van der Waals surface area contributed by atoms with Crippen LogP contribution in [0.3, 0.4) is 0 Å². The number of rotatable bonds is 1. The van der Waals surface area contributed by atoms with E-state index in [1.807, 2.05) is 0 Å². The summed E-state index contributed by atoms with van der Waals surface area (Å²) in [6.07, 6.45) is 0. The summed E-state index contributed by atoms with van der Waals surface area (Å²) in [7, 11) is 0. The number of carbonyl (C=O) groups is 2. The molecule has 2 rings (SSSR count). The van der Waals surface area contributed by atoms with E-state index in [1.165, 1.54) is 6.07 Å². The quantitative estimate of drug-likeness (QED) is 0.490. The normalized spacial score (nSPS) is 18.5. The number of carbonyl (C=O) groups excluding carboxylic acids is 2. The van der Waals surface area contributed by atoms with Crippen molar-refractivity contribution >= 4 is 24.2 Å². The summed E-state index contributed by atoms with van der Waals surface area (Å²) in [4.78, 5) is 21.5. The van der Waals surface area contributed by atoms with Crippen LogP contribution in [0.15, 0.2) is 24.3 Å². The van der Waals surface area contributed by atoms with Gasteiger partial charge in [-0.05, 0) is 6.92 Å². The zero-order valence-corrected chi connectivity index (χ0v) is 7.90. The molecule has 1 aromatic rings. The molecule has 0 atom stereocenters. The molecule has 1 saturated heterocycles. The Labute approximate surface area is 85.0 Å². The fourth-order valence-electron chi connectivity index (χ4n) is 1.50. The highest BCUT2D eigenvalue weighted by Gasteiger charge is 2.46. The van der Waals surface area contributed by atoms with E-state index in [9.17, 15) is 13.9 Å². The zero-order valence-electron chi connectivity index (χ0n) is 7.90. The highest BCUT2D eigenvalue weighted by Crippen LogP contribution is 2.19. The third-order valence-electron chi connectivity index (χ3n) is 2.24. The average Bonchev–Trinajstić information content (AvgIpc) is 2.42. The summed E-state index contributed by atoms with van der Waals surface area (Å²) in [5.41, 5.74) is 0.638. The van der Waals surface area contributed by atoms with Crippen molar-refractivity contribution in [1.82, 2.24) is 0 Å². The van der Waals surface area contributed by atoms with Gasteiger partial charge in [0, 0.05) is 0 Å². The second-order valence-electron chi connectivity index (χ2n) is 3.29. The predicted molar refractivity (Wildman–Crippen MR) is 49.9 cm³/mol. The van der Waals surface area contributed by atoms with Crippen LogP contribution in [0.25, 0.3) is 0 Å². The fraction of sp³-hybridized carbons (Fsp3) is 0.111. The fourth-order valence-corrected chi connectivity index (χ4v) is 1.50. The van der Waals surface area contributed by atoms with Crippen molar-refractivity contribution in [3.63, 3.8) is 0 Å². The van der Waals surface area contributed by atoms with Crippen LogP contribution >= 0.6 is 0 Å². The molecule has 1 heterocycles. The van der Waals surface area contributed by atoms with Crippen LogP contribution in [0.1, 0.15) is 5.56 Å². The van der Waals surface area contributed by atoms with Gasteiger partial charge in [0.2, 0.25) is 0 Å². The summed E-state index contributed by atoms with van der Waals surface area (Å²) < 4.78 is 22.6. The SMILES string of the molecule is Cc1ccccc1[B-]1(F)OC(=O)C(=O)O1. The van der Waals surface area contributed by atoms with Gasteiger partial charge in [-0.2, -0.15) is 0 Å². The number of halogens is 1. The lowest BCUT2D eigenvalue weighted by atomic mass is 9.71. The maximum Gasteiger partial charge on any atom is 0.562 e. The van der Waals surface area contributed by atoms with Crippen molar-refractivity contribution in [2.75, 3.05) is 0 Å². The maximum absolute atomic E-state index is 14.0. The van der Waals surface area contributed by atoms with Crippen LogP contribution in [-0.4, -0.2) is 18.8 Å². The lowest BCUT2D eigenvalue weighted by Crippen LogP contribution is -2.47. The van der Waals surface area contributed by atoms with Gasteiger partial charge in [-0.1, -0.05) is 35.3 Å². The predicted octanol–water partition coefficient (Wildman–Crippen LogP) is 0.210. The molecule has 15 heavy (non-hydrogen) atoms. The molecular weight excluding hydrogens is 202 g/mol. The molecule has 0 N–H and O–H groups in total. The first kappa shape index (κ1) is 9.70. The van der Waals surface area contributed by atoms with Crippen molar-refractivity contribution in [1.29, 1.82) is 0 Å². The average molecular weight is 209 g/mol. The molecule has 1 aromatic carbocycles. The molecule has 0 bridgehead atoms. The second kappa shape index (κ2) is 3.08.